The molecule has 61 heavy (non-hydrogen) atoms. The van der Waals surface area contributed by atoms with Gasteiger partial charge >= 0.3 is 0 Å². The van der Waals surface area contributed by atoms with Crippen LogP contribution in [0.25, 0.3) is 72.7 Å². The Labute approximate surface area is 363 Å². The van der Waals surface area contributed by atoms with Crippen molar-refractivity contribution in [2.75, 3.05) is 0 Å². The molecule has 0 bridgehead atoms. The molecule has 0 fully saturated rings. The summed E-state index contributed by atoms with van der Waals surface area (Å²) < 4.78 is 2.30. The quantitative estimate of drug-likeness (QED) is 0.175. The van der Waals surface area contributed by atoms with Crippen LogP contribution in [0.3, 0.4) is 0 Å². The lowest BCUT2D eigenvalue weighted by Crippen LogP contribution is -2.17. The first kappa shape index (κ1) is 41.5. The van der Waals surface area contributed by atoms with E-state index in [4.69, 9.17) is 9.97 Å². The lowest BCUT2D eigenvalue weighted by atomic mass is 9.79. The van der Waals surface area contributed by atoms with Crippen molar-refractivity contribution in [3.8, 4) is 67.5 Å². The van der Waals surface area contributed by atoms with Crippen LogP contribution in [-0.2, 0) is 16.2 Å². The van der Waals surface area contributed by atoms with E-state index in [9.17, 15) is 5.11 Å². The summed E-state index contributed by atoms with van der Waals surface area (Å²) in [7, 11) is 0. The van der Waals surface area contributed by atoms with E-state index in [0.717, 1.165) is 72.7 Å². The summed E-state index contributed by atoms with van der Waals surface area (Å²) in [6.45, 7) is 24.5. The van der Waals surface area contributed by atoms with Crippen molar-refractivity contribution in [2.24, 2.45) is 0 Å². The third-order valence-electron chi connectivity index (χ3n) is 12.0. The third-order valence-corrected chi connectivity index (χ3v) is 12.0. The highest BCUT2D eigenvalue weighted by Crippen LogP contribution is 2.46. The van der Waals surface area contributed by atoms with Gasteiger partial charge in [-0.2, -0.15) is 0 Å². The maximum Gasteiger partial charge on any atom is 0.149 e. The van der Waals surface area contributed by atoms with E-state index in [-0.39, 0.29) is 27.9 Å². The number of aromatic hydroxyl groups is 1. The molecule has 1 N–H and O–H groups in total. The summed E-state index contributed by atoms with van der Waals surface area (Å²) in [6.07, 6.45) is 1.91. The Bertz CT molecular complexity index is 2880. The summed E-state index contributed by atoms with van der Waals surface area (Å²) in [5.74, 6) is 1.19. The minimum absolute atomic E-state index is 0.130. The molecule has 0 atom stereocenters. The molecular formula is C57H59N3O. The predicted molar refractivity (Wildman–Crippen MR) is 258 cm³/mol. The van der Waals surface area contributed by atoms with Gasteiger partial charge in [0.25, 0.3) is 0 Å². The number of fused-ring (bicyclic) bond motifs is 1. The first-order chi connectivity index (χ1) is 28.9. The second-order valence-corrected chi connectivity index (χ2v) is 20.0. The fourth-order valence-corrected chi connectivity index (χ4v) is 8.36. The van der Waals surface area contributed by atoms with E-state index in [2.05, 4.69) is 214 Å². The molecule has 2 aromatic heterocycles. The molecule has 8 aromatic rings. The van der Waals surface area contributed by atoms with Crippen molar-refractivity contribution < 1.29 is 5.11 Å². The van der Waals surface area contributed by atoms with Crippen molar-refractivity contribution in [1.29, 1.82) is 0 Å². The molecule has 0 unspecified atom stereocenters. The van der Waals surface area contributed by atoms with Crippen LogP contribution in [0.15, 0.2) is 146 Å². The zero-order chi connectivity index (χ0) is 43.4. The maximum atomic E-state index is 12.5. The Morgan fingerprint density at radius 2 is 1.11 bits per heavy atom. The van der Waals surface area contributed by atoms with Crippen molar-refractivity contribution in [2.45, 2.75) is 98.3 Å². The largest absolute Gasteiger partial charge is 0.507 e. The lowest BCUT2D eigenvalue weighted by Gasteiger charge is -2.28. The fraction of sp³-hybridized carbons (Fsp3) is 0.263. The van der Waals surface area contributed by atoms with Gasteiger partial charge in [0, 0.05) is 22.9 Å². The SMILES string of the molecule is CC(C)c1cc(-c2ccccc2)ccc1-n1c(-c2cc(C(C)(C)C)cc(C(C)(C)C)c2O)nc2c(-c3cc(-c4cc(-c5ccccc5)ccn4)cc(C(C)(C)C)c3)cccc21. The summed E-state index contributed by atoms with van der Waals surface area (Å²) in [6, 6.07) is 49.9. The van der Waals surface area contributed by atoms with Crippen LogP contribution >= 0.6 is 0 Å². The molecule has 0 amide bonds. The Morgan fingerprint density at radius 3 is 1.72 bits per heavy atom. The number of phenols is 1. The third kappa shape index (κ3) is 8.16. The molecule has 6 aromatic carbocycles. The highest BCUT2D eigenvalue weighted by molar-refractivity contribution is 5.97. The average molecular weight is 802 g/mol. The zero-order valence-corrected chi connectivity index (χ0v) is 37.7. The van der Waals surface area contributed by atoms with Gasteiger partial charge in [-0.05, 0) is 115 Å². The number of hydrogen-bond donors (Lipinski definition) is 1. The minimum atomic E-state index is -0.307. The van der Waals surface area contributed by atoms with Gasteiger partial charge < -0.3 is 5.11 Å². The highest BCUT2D eigenvalue weighted by Gasteiger charge is 2.29. The molecule has 0 saturated heterocycles. The number of para-hydroxylation sites is 1. The molecule has 0 saturated carbocycles. The first-order valence-electron chi connectivity index (χ1n) is 21.7. The number of rotatable bonds is 7. The van der Waals surface area contributed by atoms with Crippen LogP contribution in [0.4, 0.5) is 0 Å². The normalized spacial score (nSPS) is 12.4. The Hall–Kier alpha value is -6.26. The van der Waals surface area contributed by atoms with Crippen LogP contribution in [-0.4, -0.2) is 19.6 Å². The molecule has 2 heterocycles. The fourth-order valence-electron chi connectivity index (χ4n) is 8.36. The first-order valence-corrected chi connectivity index (χ1v) is 21.7. The van der Waals surface area contributed by atoms with Gasteiger partial charge in [-0.1, -0.05) is 167 Å². The van der Waals surface area contributed by atoms with Gasteiger partial charge in [-0.15, -0.1) is 0 Å². The molecule has 8 rings (SSSR count). The van der Waals surface area contributed by atoms with Crippen molar-refractivity contribution in [1.82, 2.24) is 14.5 Å². The molecule has 0 aliphatic rings. The number of phenolic OH excluding ortho intramolecular Hbond substituents is 1. The maximum absolute atomic E-state index is 12.5. The van der Waals surface area contributed by atoms with E-state index in [1.54, 1.807) is 0 Å². The van der Waals surface area contributed by atoms with Gasteiger partial charge in [0.05, 0.1) is 28.0 Å². The molecule has 0 radical (unpaired) electrons. The number of benzene rings is 6. The van der Waals surface area contributed by atoms with Crippen molar-refractivity contribution >= 4 is 11.0 Å². The molecular weight excluding hydrogens is 743 g/mol. The lowest BCUT2D eigenvalue weighted by molar-refractivity contribution is 0.446. The second kappa shape index (κ2) is 15.6. The number of aromatic nitrogens is 3. The Balaban J connectivity index is 1.44. The summed E-state index contributed by atoms with van der Waals surface area (Å²) in [5, 5.41) is 12.5. The molecule has 0 spiro atoms. The average Bonchev–Trinajstić information content (AvgIpc) is 3.62. The van der Waals surface area contributed by atoms with Crippen LogP contribution in [0.1, 0.15) is 104 Å². The van der Waals surface area contributed by atoms with E-state index in [1.165, 1.54) is 22.3 Å². The zero-order valence-electron chi connectivity index (χ0n) is 37.7. The van der Waals surface area contributed by atoms with Crippen molar-refractivity contribution in [3.05, 3.63) is 168 Å². The van der Waals surface area contributed by atoms with E-state index in [0.29, 0.717) is 0 Å². The molecule has 0 aliphatic carbocycles. The van der Waals surface area contributed by atoms with Crippen LogP contribution in [0.2, 0.25) is 0 Å². The topological polar surface area (TPSA) is 50.9 Å². The number of hydrogen-bond acceptors (Lipinski definition) is 3. The predicted octanol–water partition coefficient (Wildman–Crippen LogP) is 15.5. The van der Waals surface area contributed by atoms with Gasteiger partial charge in [-0.25, -0.2) is 4.98 Å². The van der Waals surface area contributed by atoms with Gasteiger partial charge in [0.1, 0.15) is 11.6 Å². The van der Waals surface area contributed by atoms with Crippen LogP contribution in [0, 0.1) is 0 Å². The minimum Gasteiger partial charge on any atom is -0.507 e. The van der Waals surface area contributed by atoms with Crippen LogP contribution < -0.4 is 0 Å². The monoisotopic (exact) mass is 801 g/mol. The molecule has 0 aliphatic heterocycles. The standard InChI is InChI=1S/C57H59N3O/c1-36(2)46-32-39(37-19-14-12-15-20-37)25-26-50(46)60-51-24-18-23-45(52(51)59-54(60)47-34-44(56(6,7)8)35-48(53(47)61)57(9,10)11)41-29-42(31-43(30-41)55(3,4)5)49-33-40(27-28-58-49)38-21-16-13-17-22-38/h12-36,61H,1-11H3. The van der Waals surface area contributed by atoms with E-state index < -0.39 is 0 Å². The van der Waals surface area contributed by atoms with Gasteiger partial charge in [0.2, 0.25) is 0 Å². The smallest absolute Gasteiger partial charge is 0.149 e. The number of imidazole rings is 1. The second-order valence-electron chi connectivity index (χ2n) is 20.0. The molecule has 308 valence electrons. The van der Waals surface area contributed by atoms with Crippen molar-refractivity contribution in [3.63, 3.8) is 0 Å². The highest BCUT2D eigenvalue weighted by atomic mass is 16.3. The Morgan fingerprint density at radius 1 is 0.508 bits per heavy atom. The molecule has 4 nitrogen and oxygen atoms in total. The van der Waals surface area contributed by atoms with E-state index in [1.807, 2.05) is 12.3 Å². The Kier molecular flexibility index (Phi) is 10.6. The molecule has 4 heteroatoms. The number of pyridine rings is 1. The summed E-state index contributed by atoms with van der Waals surface area (Å²) in [5.41, 5.74) is 16.2. The number of nitrogens with zero attached hydrogens (tertiary/aromatic N) is 3. The van der Waals surface area contributed by atoms with Gasteiger partial charge in [-0.3, -0.25) is 9.55 Å². The summed E-state index contributed by atoms with van der Waals surface area (Å²) in [4.78, 5) is 10.6. The van der Waals surface area contributed by atoms with Gasteiger partial charge in [0.15, 0.2) is 0 Å². The van der Waals surface area contributed by atoms with Crippen LogP contribution in [0.5, 0.6) is 5.75 Å². The van der Waals surface area contributed by atoms with E-state index >= 15 is 0 Å². The summed E-state index contributed by atoms with van der Waals surface area (Å²) >= 11 is 0.